The summed E-state index contributed by atoms with van der Waals surface area (Å²) in [4.78, 5) is 16.0. The van der Waals surface area contributed by atoms with Crippen molar-refractivity contribution in [3.8, 4) is 11.8 Å². The van der Waals surface area contributed by atoms with E-state index in [0.29, 0.717) is 29.3 Å². The van der Waals surface area contributed by atoms with E-state index < -0.39 is 0 Å². The number of aliphatic hydroxyl groups excluding tert-OH is 1. The molecule has 1 unspecified atom stereocenters. The molecule has 0 aromatic carbocycles. The third kappa shape index (κ3) is 6.09. The van der Waals surface area contributed by atoms with Crippen LogP contribution in [0.25, 0.3) is 0 Å². The standard InChI is InChI=1S/C15H20N2O2S/c1-12(20-2)6-7-17-15(19)14-9-13(10-16-11-14)5-3-4-8-18/h9-12,18H,4,6-8H2,1-2H3,(H,17,19). The largest absolute Gasteiger partial charge is 0.395 e. The lowest BCUT2D eigenvalue weighted by molar-refractivity contribution is 0.0953. The summed E-state index contributed by atoms with van der Waals surface area (Å²) in [5, 5.41) is 12.1. The second-order valence-corrected chi connectivity index (χ2v) is 5.60. The number of nitrogens with zero attached hydrogens (tertiary/aromatic N) is 1. The average Bonchev–Trinajstić information content (AvgIpc) is 2.47. The van der Waals surface area contributed by atoms with Gasteiger partial charge in [-0.05, 0) is 18.7 Å². The SMILES string of the molecule is CSC(C)CCNC(=O)c1cncc(C#CCCO)c1. The Kier molecular flexibility index (Phi) is 7.78. The van der Waals surface area contributed by atoms with E-state index in [1.807, 2.05) is 0 Å². The Morgan fingerprint density at radius 3 is 3.05 bits per heavy atom. The number of carbonyl (C=O) groups excluding carboxylic acids is 1. The molecular weight excluding hydrogens is 272 g/mol. The van der Waals surface area contributed by atoms with Crippen LogP contribution in [0.5, 0.6) is 0 Å². The van der Waals surface area contributed by atoms with E-state index in [1.54, 1.807) is 24.0 Å². The highest BCUT2D eigenvalue weighted by molar-refractivity contribution is 7.99. The third-order valence-electron chi connectivity index (χ3n) is 2.71. The normalized spacial score (nSPS) is 11.3. The molecule has 108 valence electrons. The van der Waals surface area contributed by atoms with Crippen molar-refractivity contribution in [3.63, 3.8) is 0 Å². The van der Waals surface area contributed by atoms with Gasteiger partial charge < -0.3 is 10.4 Å². The van der Waals surface area contributed by atoms with Gasteiger partial charge in [0.15, 0.2) is 0 Å². The molecule has 0 saturated heterocycles. The molecule has 0 spiro atoms. The van der Waals surface area contributed by atoms with Gasteiger partial charge in [-0.2, -0.15) is 11.8 Å². The first-order valence-corrected chi connectivity index (χ1v) is 7.82. The van der Waals surface area contributed by atoms with Crippen molar-refractivity contribution < 1.29 is 9.90 Å². The number of pyridine rings is 1. The third-order valence-corrected chi connectivity index (χ3v) is 3.75. The van der Waals surface area contributed by atoms with Crippen LogP contribution in [0.2, 0.25) is 0 Å². The number of hydrogen-bond donors (Lipinski definition) is 2. The number of nitrogens with one attached hydrogen (secondary N) is 1. The summed E-state index contributed by atoms with van der Waals surface area (Å²) in [6.07, 6.45) is 6.56. The van der Waals surface area contributed by atoms with E-state index >= 15 is 0 Å². The zero-order valence-electron chi connectivity index (χ0n) is 11.8. The van der Waals surface area contributed by atoms with Crippen LogP contribution in [0.4, 0.5) is 0 Å². The highest BCUT2D eigenvalue weighted by Gasteiger charge is 2.07. The van der Waals surface area contributed by atoms with Crippen LogP contribution in [0.1, 0.15) is 35.7 Å². The molecule has 1 rings (SSSR count). The number of aromatic nitrogens is 1. The molecule has 0 aliphatic heterocycles. The van der Waals surface area contributed by atoms with Crippen molar-refractivity contribution in [2.75, 3.05) is 19.4 Å². The summed E-state index contributed by atoms with van der Waals surface area (Å²) < 4.78 is 0. The van der Waals surface area contributed by atoms with Crippen LogP contribution in [0.15, 0.2) is 18.5 Å². The smallest absolute Gasteiger partial charge is 0.252 e. The summed E-state index contributed by atoms with van der Waals surface area (Å²) in [7, 11) is 0. The maximum absolute atomic E-state index is 12.0. The summed E-state index contributed by atoms with van der Waals surface area (Å²) in [5.74, 6) is 5.55. The zero-order chi connectivity index (χ0) is 14.8. The second kappa shape index (κ2) is 9.40. The predicted octanol–water partition coefficient (Wildman–Crippen LogP) is 1.69. The molecule has 0 fully saturated rings. The number of rotatable bonds is 6. The fourth-order valence-corrected chi connectivity index (χ4v) is 1.82. The van der Waals surface area contributed by atoms with Crippen molar-refractivity contribution in [3.05, 3.63) is 29.6 Å². The van der Waals surface area contributed by atoms with E-state index in [4.69, 9.17) is 5.11 Å². The van der Waals surface area contributed by atoms with E-state index in [-0.39, 0.29) is 12.5 Å². The van der Waals surface area contributed by atoms with Gasteiger partial charge in [0.25, 0.3) is 5.91 Å². The topological polar surface area (TPSA) is 62.2 Å². The lowest BCUT2D eigenvalue weighted by Gasteiger charge is -2.09. The average molecular weight is 292 g/mol. The molecule has 0 radical (unpaired) electrons. The van der Waals surface area contributed by atoms with Crippen LogP contribution in [-0.4, -0.2) is 40.7 Å². The van der Waals surface area contributed by atoms with Gasteiger partial charge in [-0.15, -0.1) is 0 Å². The van der Waals surface area contributed by atoms with Gasteiger partial charge in [0.1, 0.15) is 0 Å². The van der Waals surface area contributed by atoms with Gasteiger partial charge in [-0.1, -0.05) is 18.8 Å². The molecule has 0 aliphatic rings. The van der Waals surface area contributed by atoms with Gasteiger partial charge in [0.05, 0.1) is 12.2 Å². The lowest BCUT2D eigenvalue weighted by Crippen LogP contribution is -2.26. The first-order valence-electron chi connectivity index (χ1n) is 6.53. The van der Waals surface area contributed by atoms with Gasteiger partial charge >= 0.3 is 0 Å². The number of thioether (sulfide) groups is 1. The van der Waals surface area contributed by atoms with Crippen molar-refractivity contribution in [2.24, 2.45) is 0 Å². The molecule has 1 aromatic heterocycles. The van der Waals surface area contributed by atoms with E-state index in [2.05, 4.69) is 35.3 Å². The molecule has 0 bridgehead atoms. The number of amides is 1. The Morgan fingerprint density at radius 2 is 2.35 bits per heavy atom. The minimum Gasteiger partial charge on any atom is -0.395 e. The summed E-state index contributed by atoms with van der Waals surface area (Å²) in [5.41, 5.74) is 1.20. The first kappa shape index (κ1) is 16.5. The molecule has 0 saturated carbocycles. The number of hydrogen-bond acceptors (Lipinski definition) is 4. The fraction of sp³-hybridized carbons (Fsp3) is 0.467. The van der Waals surface area contributed by atoms with E-state index in [1.165, 1.54) is 6.20 Å². The van der Waals surface area contributed by atoms with Crippen molar-refractivity contribution in [1.29, 1.82) is 0 Å². The maximum atomic E-state index is 12.0. The molecule has 1 heterocycles. The Labute approximate surface area is 124 Å². The Morgan fingerprint density at radius 1 is 1.55 bits per heavy atom. The van der Waals surface area contributed by atoms with Crippen LogP contribution in [-0.2, 0) is 0 Å². The van der Waals surface area contributed by atoms with Crippen molar-refractivity contribution in [2.45, 2.75) is 25.0 Å². The summed E-state index contributed by atoms with van der Waals surface area (Å²) in [6.45, 7) is 2.82. The van der Waals surface area contributed by atoms with Crippen molar-refractivity contribution >= 4 is 17.7 Å². The zero-order valence-corrected chi connectivity index (χ0v) is 12.7. The highest BCUT2D eigenvalue weighted by atomic mass is 32.2. The fourth-order valence-electron chi connectivity index (χ4n) is 1.46. The Balaban J connectivity index is 2.56. The Hall–Kier alpha value is -1.51. The van der Waals surface area contributed by atoms with Crippen LogP contribution in [0.3, 0.4) is 0 Å². The van der Waals surface area contributed by atoms with E-state index in [9.17, 15) is 4.79 Å². The Bertz CT molecular complexity index is 494. The van der Waals surface area contributed by atoms with Crippen molar-refractivity contribution in [1.82, 2.24) is 10.3 Å². The maximum Gasteiger partial charge on any atom is 0.252 e. The molecule has 1 aromatic rings. The van der Waals surface area contributed by atoms with Gasteiger partial charge in [-0.25, -0.2) is 0 Å². The number of carbonyl (C=O) groups is 1. The van der Waals surface area contributed by atoms with Crippen LogP contribution < -0.4 is 5.32 Å². The van der Waals surface area contributed by atoms with Gasteiger partial charge in [-0.3, -0.25) is 9.78 Å². The molecular formula is C15H20N2O2S. The molecule has 5 heteroatoms. The quantitative estimate of drug-likeness (QED) is 0.783. The molecule has 20 heavy (non-hydrogen) atoms. The molecule has 1 atom stereocenters. The second-order valence-electron chi connectivity index (χ2n) is 4.33. The summed E-state index contributed by atoms with van der Waals surface area (Å²) >= 11 is 1.78. The molecule has 4 nitrogen and oxygen atoms in total. The lowest BCUT2D eigenvalue weighted by atomic mass is 10.2. The minimum absolute atomic E-state index is 0.0359. The molecule has 2 N–H and O–H groups in total. The van der Waals surface area contributed by atoms with Crippen LogP contribution >= 0.6 is 11.8 Å². The summed E-state index contributed by atoms with van der Waals surface area (Å²) in [6, 6.07) is 1.71. The van der Waals surface area contributed by atoms with E-state index in [0.717, 1.165) is 6.42 Å². The van der Waals surface area contributed by atoms with Crippen LogP contribution in [0, 0.1) is 11.8 Å². The van der Waals surface area contributed by atoms with Gasteiger partial charge in [0.2, 0.25) is 0 Å². The highest BCUT2D eigenvalue weighted by Crippen LogP contribution is 2.08. The first-order chi connectivity index (χ1) is 9.67. The van der Waals surface area contributed by atoms with Gasteiger partial charge in [0, 0.05) is 36.2 Å². The predicted molar refractivity (Wildman–Crippen MR) is 82.7 cm³/mol. The monoisotopic (exact) mass is 292 g/mol. The molecule has 0 aliphatic carbocycles. The number of aliphatic hydroxyl groups is 1. The minimum atomic E-state index is -0.128. The molecule has 1 amide bonds.